The Balaban J connectivity index is 1.73. The fourth-order valence-corrected chi connectivity index (χ4v) is 4.38. The number of nitrogens with zero attached hydrogens (tertiary/aromatic N) is 1. The Kier molecular flexibility index (Phi) is 7.71. The summed E-state index contributed by atoms with van der Waals surface area (Å²) in [6.07, 6.45) is -6.29. The van der Waals surface area contributed by atoms with Crippen molar-refractivity contribution in [3.63, 3.8) is 0 Å². The Morgan fingerprint density at radius 2 is 1.60 bits per heavy atom. The maximum absolute atomic E-state index is 13.0. The number of sulfonamides is 1. The first-order valence-electron chi connectivity index (χ1n) is 10.2. The predicted molar refractivity (Wildman–Crippen MR) is 121 cm³/mol. The van der Waals surface area contributed by atoms with Gasteiger partial charge in [0.25, 0.3) is 0 Å². The van der Waals surface area contributed by atoms with E-state index in [0.29, 0.717) is 11.3 Å². The van der Waals surface area contributed by atoms with Crippen LogP contribution in [-0.4, -0.2) is 38.0 Å². The number of rotatable bonds is 9. The molecule has 1 atom stereocenters. The molecule has 11 heteroatoms. The molecular formula is C24H22F3NO6S. The fourth-order valence-electron chi connectivity index (χ4n) is 3.22. The average Bonchev–Trinajstić information content (AvgIpc) is 2.82. The predicted octanol–water partition coefficient (Wildman–Crippen LogP) is 4.74. The van der Waals surface area contributed by atoms with Crippen molar-refractivity contribution in [2.75, 3.05) is 14.2 Å². The van der Waals surface area contributed by atoms with Crippen LogP contribution in [-0.2, 0) is 27.5 Å². The highest BCUT2D eigenvalue weighted by atomic mass is 32.2. The molecule has 0 fully saturated rings. The second kappa shape index (κ2) is 10.4. The minimum Gasteiger partial charge on any atom is -0.497 e. The summed E-state index contributed by atoms with van der Waals surface area (Å²) in [5.74, 6) is -0.843. The van der Waals surface area contributed by atoms with Crippen molar-refractivity contribution in [1.29, 1.82) is 0 Å². The van der Waals surface area contributed by atoms with E-state index in [1.165, 1.54) is 56.6 Å². The van der Waals surface area contributed by atoms with Crippen molar-refractivity contribution in [2.24, 2.45) is 0 Å². The molecule has 0 saturated heterocycles. The second-order valence-electron chi connectivity index (χ2n) is 7.54. The van der Waals surface area contributed by atoms with Gasteiger partial charge in [-0.1, -0.05) is 24.3 Å². The second-order valence-corrected chi connectivity index (χ2v) is 9.58. The third-order valence-electron chi connectivity index (χ3n) is 5.09. The summed E-state index contributed by atoms with van der Waals surface area (Å²) in [6, 6.07) is 15.8. The highest BCUT2D eigenvalue weighted by molar-refractivity contribution is 7.89. The number of methoxy groups -OCH3 is 1. The topological polar surface area (TPSA) is 93.1 Å². The number of carboxylic acids is 1. The van der Waals surface area contributed by atoms with Gasteiger partial charge in [0.2, 0.25) is 16.1 Å². The van der Waals surface area contributed by atoms with Crippen molar-refractivity contribution < 1.29 is 41.0 Å². The monoisotopic (exact) mass is 509 g/mol. The summed E-state index contributed by atoms with van der Waals surface area (Å²) >= 11 is 0. The first-order chi connectivity index (χ1) is 16.4. The van der Waals surface area contributed by atoms with E-state index in [2.05, 4.69) is 0 Å². The number of ether oxygens (including phenoxy) is 2. The molecule has 3 aromatic carbocycles. The van der Waals surface area contributed by atoms with E-state index in [-0.39, 0.29) is 22.8 Å². The Labute approximate surface area is 200 Å². The molecule has 0 saturated carbocycles. The lowest BCUT2D eigenvalue weighted by Crippen LogP contribution is -2.26. The molecular weight excluding hydrogens is 487 g/mol. The zero-order valence-corrected chi connectivity index (χ0v) is 19.5. The standard InChI is InChI=1S/C24H22F3NO6S/c1-28(35(31,32)21-12-10-19(33-2)11-13-21)15-16-6-8-20(9-7-16)34-22(23(29)30)17-4-3-5-18(14-17)24(25,26)27/h3-14,22H,15H2,1-2H3,(H,29,30). The lowest BCUT2D eigenvalue weighted by Gasteiger charge is -2.19. The zero-order chi connectivity index (χ0) is 25.8. The van der Waals surface area contributed by atoms with Crippen LogP contribution in [0, 0.1) is 0 Å². The van der Waals surface area contributed by atoms with Crippen LogP contribution in [0.5, 0.6) is 11.5 Å². The molecule has 3 rings (SSSR count). The van der Waals surface area contributed by atoms with E-state index in [1.54, 1.807) is 12.1 Å². The van der Waals surface area contributed by atoms with Gasteiger partial charge < -0.3 is 14.6 Å². The van der Waals surface area contributed by atoms with Gasteiger partial charge in [-0.15, -0.1) is 0 Å². The van der Waals surface area contributed by atoms with Crippen molar-refractivity contribution in [3.8, 4) is 11.5 Å². The molecule has 0 amide bonds. The third kappa shape index (κ3) is 6.31. The highest BCUT2D eigenvalue weighted by Crippen LogP contribution is 2.32. The van der Waals surface area contributed by atoms with Gasteiger partial charge in [-0.05, 0) is 54.1 Å². The van der Waals surface area contributed by atoms with Crippen LogP contribution in [0.3, 0.4) is 0 Å². The Morgan fingerprint density at radius 1 is 1.00 bits per heavy atom. The quantitative estimate of drug-likeness (QED) is 0.448. The van der Waals surface area contributed by atoms with Crippen molar-refractivity contribution in [3.05, 3.63) is 89.5 Å². The normalized spacial score (nSPS) is 12.9. The molecule has 186 valence electrons. The van der Waals surface area contributed by atoms with Gasteiger partial charge in [0, 0.05) is 19.2 Å². The first kappa shape index (κ1) is 26.0. The minimum atomic E-state index is -4.63. The van der Waals surface area contributed by atoms with E-state index in [4.69, 9.17) is 9.47 Å². The first-order valence-corrected chi connectivity index (χ1v) is 11.6. The zero-order valence-electron chi connectivity index (χ0n) is 18.7. The number of hydrogen-bond acceptors (Lipinski definition) is 5. The van der Waals surface area contributed by atoms with Gasteiger partial charge in [0.05, 0.1) is 17.6 Å². The fraction of sp³-hybridized carbons (Fsp3) is 0.208. The van der Waals surface area contributed by atoms with Crippen molar-refractivity contribution in [2.45, 2.75) is 23.7 Å². The van der Waals surface area contributed by atoms with Gasteiger partial charge in [-0.2, -0.15) is 17.5 Å². The van der Waals surface area contributed by atoms with Crippen molar-refractivity contribution >= 4 is 16.0 Å². The van der Waals surface area contributed by atoms with Crippen LogP contribution < -0.4 is 9.47 Å². The molecule has 35 heavy (non-hydrogen) atoms. The van der Waals surface area contributed by atoms with Gasteiger partial charge >= 0.3 is 12.1 Å². The number of carbonyl (C=O) groups is 1. The summed E-state index contributed by atoms with van der Waals surface area (Å²) in [7, 11) is -0.890. The van der Waals surface area contributed by atoms with E-state index >= 15 is 0 Å². The van der Waals surface area contributed by atoms with Gasteiger partial charge in [0.15, 0.2) is 0 Å². The van der Waals surface area contributed by atoms with Gasteiger partial charge in [0.1, 0.15) is 11.5 Å². The molecule has 0 bridgehead atoms. The lowest BCUT2D eigenvalue weighted by molar-refractivity contribution is -0.146. The Hall–Kier alpha value is -3.57. The summed E-state index contributed by atoms with van der Waals surface area (Å²) in [6.45, 7) is 0.0185. The van der Waals surface area contributed by atoms with Gasteiger partial charge in [-0.25, -0.2) is 13.2 Å². The number of hydrogen-bond donors (Lipinski definition) is 1. The maximum Gasteiger partial charge on any atom is 0.416 e. The summed E-state index contributed by atoms with van der Waals surface area (Å²) in [5, 5.41) is 9.50. The summed E-state index contributed by atoms with van der Waals surface area (Å²) < 4.78 is 76.2. The number of benzene rings is 3. The minimum absolute atomic E-state index is 0.0185. The molecule has 0 aliphatic heterocycles. The average molecular weight is 510 g/mol. The highest BCUT2D eigenvalue weighted by Gasteiger charge is 2.32. The third-order valence-corrected chi connectivity index (χ3v) is 6.91. The molecule has 0 heterocycles. The lowest BCUT2D eigenvalue weighted by atomic mass is 10.1. The smallest absolute Gasteiger partial charge is 0.416 e. The van der Waals surface area contributed by atoms with Crippen LogP contribution in [0.4, 0.5) is 13.2 Å². The van der Waals surface area contributed by atoms with Crippen LogP contribution in [0.25, 0.3) is 0 Å². The Bertz CT molecular complexity index is 1280. The molecule has 1 N–H and O–H groups in total. The van der Waals surface area contributed by atoms with E-state index < -0.39 is 33.8 Å². The van der Waals surface area contributed by atoms with E-state index in [0.717, 1.165) is 22.5 Å². The molecule has 1 unspecified atom stereocenters. The molecule has 0 radical (unpaired) electrons. The largest absolute Gasteiger partial charge is 0.497 e. The van der Waals surface area contributed by atoms with Gasteiger partial charge in [-0.3, -0.25) is 0 Å². The summed E-state index contributed by atoms with van der Waals surface area (Å²) in [4.78, 5) is 11.8. The van der Waals surface area contributed by atoms with Crippen LogP contribution >= 0.6 is 0 Å². The molecule has 0 aliphatic carbocycles. The van der Waals surface area contributed by atoms with E-state index in [1.807, 2.05) is 0 Å². The molecule has 0 aromatic heterocycles. The van der Waals surface area contributed by atoms with E-state index in [9.17, 15) is 31.5 Å². The number of carboxylic acid groups (broad SMARTS) is 1. The van der Waals surface area contributed by atoms with Crippen LogP contribution in [0.1, 0.15) is 22.8 Å². The van der Waals surface area contributed by atoms with Crippen molar-refractivity contribution in [1.82, 2.24) is 4.31 Å². The Morgan fingerprint density at radius 3 is 2.14 bits per heavy atom. The molecule has 0 aliphatic rings. The molecule has 3 aromatic rings. The van der Waals surface area contributed by atoms with Crippen LogP contribution in [0.15, 0.2) is 77.7 Å². The summed E-state index contributed by atoms with van der Waals surface area (Å²) in [5.41, 5.74) is -0.564. The number of aliphatic carboxylic acids is 1. The number of alkyl halides is 3. The SMILES string of the molecule is COc1ccc(S(=O)(=O)N(C)Cc2ccc(OC(C(=O)O)c3cccc(C(F)(F)F)c3)cc2)cc1. The van der Waals surface area contributed by atoms with Crippen LogP contribution in [0.2, 0.25) is 0 Å². The molecule has 0 spiro atoms. The molecule has 7 nitrogen and oxygen atoms in total. The maximum atomic E-state index is 13.0. The number of halogens is 3.